The van der Waals surface area contributed by atoms with Crippen molar-refractivity contribution in [3.63, 3.8) is 0 Å². The van der Waals surface area contributed by atoms with Crippen LogP contribution >= 0.6 is 11.6 Å². The summed E-state index contributed by atoms with van der Waals surface area (Å²) < 4.78 is 19.2. The van der Waals surface area contributed by atoms with Crippen LogP contribution in [0.4, 0.5) is 14.9 Å². The zero-order valence-electron chi connectivity index (χ0n) is 15.0. The molecule has 0 bridgehead atoms. The number of aliphatic hydroxyl groups is 1. The normalized spacial score (nSPS) is 17.1. The Morgan fingerprint density at radius 3 is 2.89 bits per heavy atom. The smallest absolute Gasteiger partial charge is 0.411 e. The number of nitrogens with zero attached hydrogens (tertiary/aromatic N) is 1. The minimum absolute atomic E-state index is 0.192. The largest absolute Gasteiger partial charge is 0.448 e. The average molecular weight is 393 g/mol. The van der Waals surface area contributed by atoms with Crippen LogP contribution in [-0.2, 0) is 11.3 Å². The molecule has 1 heterocycles. The van der Waals surface area contributed by atoms with E-state index in [1.54, 1.807) is 18.2 Å². The van der Waals surface area contributed by atoms with Gasteiger partial charge in [-0.15, -0.1) is 0 Å². The maximum absolute atomic E-state index is 13.8. The van der Waals surface area contributed by atoms with Gasteiger partial charge in [-0.2, -0.15) is 0 Å². The quantitative estimate of drug-likeness (QED) is 0.797. The summed E-state index contributed by atoms with van der Waals surface area (Å²) in [6.07, 6.45) is 1.50. The van der Waals surface area contributed by atoms with Crippen molar-refractivity contribution in [1.82, 2.24) is 4.90 Å². The first-order valence-electron chi connectivity index (χ1n) is 8.80. The van der Waals surface area contributed by atoms with E-state index in [1.165, 1.54) is 18.2 Å². The highest BCUT2D eigenvalue weighted by Crippen LogP contribution is 2.32. The summed E-state index contributed by atoms with van der Waals surface area (Å²) in [5.74, 6) is -0.443. The first-order chi connectivity index (χ1) is 13.0. The highest BCUT2D eigenvalue weighted by molar-refractivity contribution is 6.31. The molecule has 1 aliphatic heterocycles. The van der Waals surface area contributed by atoms with E-state index in [1.807, 2.05) is 7.05 Å². The van der Waals surface area contributed by atoms with Gasteiger partial charge in [0.15, 0.2) is 0 Å². The van der Waals surface area contributed by atoms with Gasteiger partial charge in [0.05, 0.1) is 12.3 Å². The summed E-state index contributed by atoms with van der Waals surface area (Å²) >= 11 is 6.09. The second kappa shape index (κ2) is 8.69. The molecule has 5 nitrogen and oxygen atoms in total. The molecule has 1 saturated heterocycles. The Hall–Kier alpha value is -2.15. The van der Waals surface area contributed by atoms with E-state index >= 15 is 0 Å². The molecule has 0 aromatic heterocycles. The van der Waals surface area contributed by atoms with E-state index < -0.39 is 11.9 Å². The lowest BCUT2D eigenvalue weighted by Crippen LogP contribution is -2.31. The molecule has 0 saturated carbocycles. The number of benzene rings is 2. The Labute approximate surface area is 162 Å². The molecule has 1 fully saturated rings. The van der Waals surface area contributed by atoms with Crippen LogP contribution in [0.15, 0.2) is 36.4 Å². The number of hydrogen-bond donors (Lipinski definition) is 2. The number of carbonyl (C=O) groups excluding carboxylic acids is 1. The average Bonchev–Trinajstić information content (AvgIpc) is 3.05. The number of likely N-dealkylation sites (tertiary alicyclic amines) is 1. The van der Waals surface area contributed by atoms with Gasteiger partial charge < -0.3 is 14.7 Å². The number of amides is 1. The first-order valence-corrected chi connectivity index (χ1v) is 9.18. The van der Waals surface area contributed by atoms with Crippen molar-refractivity contribution in [2.75, 3.05) is 25.5 Å². The number of halogens is 2. The standard InChI is InChI=1S/C20H22ClFN2O3/c1-24-6-2-3-17(24)12-27-20(26)23-19-5-4-16(22)10-18(19)14-7-13(11-25)8-15(21)9-14/h4-5,7-10,17,25H,2-3,6,11-12H2,1H3,(H,23,26)/t17-/m0/s1. The van der Waals surface area contributed by atoms with E-state index in [0.717, 1.165) is 19.4 Å². The van der Waals surface area contributed by atoms with Crippen LogP contribution in [0.3, 0.4) is 0 Å². The minimum Gasteiger partial charge on any atom is -0.448 e. The van der Waals surface area contributed by atoms with E-state index in [0.29, 0.717) is 34.0 Å². The van der Waals surface area contributed by atoms with Crippen molar-refractivity contribution in [3.05, 3.63) is 52.8 Å². The summed E-state index contributed by atoms with van der Waals surface area (Å²) in [6.45, 7) is 1.12. The van der Waals surface area contributed by atoms with Crippen molar-refractivity contribution in [2.24, 2.45) is 0 Å². The molecule has 3 rings (SSSR count). The highest BCUT2D eigenvalue weighted by atomic mass is 35.5. The van der Waals surface area contributed by atoms with Gasteiger partial charge in [0.25, 0.3) is 0 Å². The molecule has 0 aliphatic carbocycles. The lowest BCUT2D eigenvalue weighted by Gasteiger charge is -2.19. The van der Waals surface area contributed by atoms with Gasteiger partial charge in [-0.1, -0.05) is 11.6 Å². The fourth-order valence-corrected chi connectivity index (χ4v) is 3.53. The Bertz CT molecular complexity index is 831. The summed E-state index contributed by atoms with van der Waals surface area (Å²) in [5, 5.41) is 12.5. The zero-order chi connectivity index (χ0) is 19.4. The Morgan fingerprint density at radius 1 is 1.37 bits per heavy atom. The van der Waals surface area contributed by atoms with Crippen molar-refractivity contribution in [2.45, 2.75) is 25.5 Å². The molecule has 1 atom stereocenters. The third-order valence-corrected chi connectivity index (χ3v) is 4.97. The highest BCUT2D eigenvalue weighted by Gasteiger charge is 2.22. The molecule has 2 aromatic carbocycles. The second-order valence-electron chi connectivity index (χ2n) is 6.70. The number of likely N-dealkylation sites (N-methyl/N-ethyl adjacent to an activating group) is 1. The maximum atomic E-state index is 13.8. The fourth-order valence-electron chi connectivity index (χ4n) is 3.27. The minimum atomic E-state index is -0.590. The first kappa shape index (κ1) is 19.6. The van der Waals surface area contributed by atoms with Crippen LogP contribution in [0.5, 0.6) is 0 Å². The molecule has 1 aliphatic rings. The Kier molecular flexibility index (Phi) is 6.31. The molecule has 1 amide bonds. The monoisotopic (exact) mass is 392 g/mol. The van der Waals surface area contributed by atoms with Crippen molar-refractivity contribution < 1.29 is 19.0 Å². The molecule has 2 aromatic rings. The number of anilines is 1. The fraction of sp³-hybridized carbons (Fsp3) is 0.350. The van der Waals surface area contributed by atoms with Gasteiger partial charge in [0, 0.05) is 16.6 Å². The van der Waals surface area contributed by atoms with Crippen LogP contribution in [0.2, 0.25) is 5.02 Å². The predicted molar refractivity (Wildman–Crippen MR) is 103 cm³/mol. The van der Waals surface area contributed by atoms with Gasteiger partial charge in [0.2, 0.25) is 0 Å². The molecule has 0 radical (unpaired) electrons. The van der Waals surface area contributed by atoms with Crippen LogP contribution in [-0.4, -0.2) is 42.3 Å². The molecule has 0 spiro atoms. The van der Waals surface area contributed by atoms with Crippen molar-refractivity contribution in [1.29, 1.82) is 0 Å². The van der Waals surface area contributed by atoms with E-state index in [9.17, 15) is 14.3 Å². The summed E-state index contributed by atoms with van der Waals surface area (Å²) in [6, 6.07) is 9.26. The molecule has 2 N–H and O–H groups in total. The van der Waals surface area contributed by atoms with E-state index in [4.69, 9.17) is 16.3 Å². The van der Waals surface area contributed by atoms with Crippen molar-refractivity contribution in [3.8, 4) is 11.1 Å². The zero-order valence-corrected chi connectivity index (χ0v) is 15.8. The van der Waals surface area contributed by atoms with E-state index in [-0.39, 0.29) is 12.6 Å². The van der Waals surface area contributed by atoms with Crippen molar-refractivity contribution >= 4 is 23.4 Å². The summed E-state index contributed by atoms with van der Waals surface area (Å²) in [4.78, 5) is 14.4. The second-order valence-corrected chi connectivity index (χ2v) is 7.13. The molecule has 0 unspecified atom stereocenters. The van der Waals surface area contributed by atoms with E-state index in [2.05, 4.69) is 10.2 Å². The Morgan fingerprint density at radius 2 is 2.19 bits per heavy atom. The molecule has 7 heteroatoms. The summed E-state index contributed by atoms with van der Waals surface area (Å²) in [5.41, 5.74) is 2.06. The third-order valence-electron chi connectivity index (χ3n) is 4.75. The topological polar surface area (TPSA) is 61.8 Å². The Balaban J connectivity index is 1.78. The van der Waals surface area contributed by atoms with Gasteiger partial charge >= 0.3 is 6.09 Å². The lowest BCUT2D eigenvalue weighted by atomic mass is 10.0. The van der Waals surface area contributed by atoms with Crippen LogP contribution in [0, 0.1) is 5.82 Å². The van der Waals surface area contributed by atoms with Gasteiger partial charge in [-0.3, -0.25) is 5.32 Å². The van der Waals surface area contributed by atoms with Crippen LogP contribution in [0.1, 0.15) is 18.4 Å². The van der Waals surface area contributed by atoms with Gasteiger partial charge in [-0.05, 0) is 74.0 Å². The number of rotatable bonds is 5. The predicted octanol–water partition coefficient (Wildman–Crippen LogP) is 4.28. The molecule has 27 heavy (non-hydrogen) atoms. The SMILES string of the molecule is CN1CCC[C@H]1COC(=O)Nc1ccc(F)cc1-c1cc(Cl)cc(CO)c1. The molecular weight excluding hydrogens is 371 g/mol. The van der Waals surface area contributed by atoms with Gasteiger partial charge in [-0.25, -0.2) is 9.18 Å². The lowest BCUT2D eigenvalue weighted by molar-refractivity contribution is 0.127. The third kappa shape index (κ3) is 4.97. The number of carbonyl (C=O) groups is 1. The van der Waals surface area contributed by atoms with Crippen LogP contribution < -0.4 is 5.32 Å². The maximum Gasteiger partial charge on any atom is 0.411 e. The number of aliphatic hydroxyl groups excluding tert-OH is 1. The van der Waals surface area contributed by atoms with Gasteiger partial charge in [0.1, 0.15) is 12.4 Å². The number of nitrogens with one attached hydrogen (secondary N) is 1. The number of ether oxygens (including phenoxy) is 1. The van der Waals surface area contributed by atoms with Crippen LogP contribution in [0.25, 0.3) is 11.1 Å². The molecule has 144 valence electrons. The number of hydrogen-bond acceptors (Lipinski definition) is 4. The summed E-state index contributed by atoms with van der Waals surface area (Å²) in [7, 11) is 2.01. The molecular formula is C20H22ClFN2O3.